The van der Waals surface area contributed by atoms with Crippen molar-refractivity contribution in [2.24, 2.45) is 11.1 Å². The largest absolute Gasteiger partial charge is 0.480 e. The Hall–Kier alpha value is -1.10. The molecule has 1 rings (SSSR count). The van der Waals surface area contributed by atoms with E-state index in [1.165, 1.54) is 13.8 Å². The van der Waals surface area contributed by atoms with Crippen LogP contribution in [0, 0.1) is 5.41 Å². The molecule has 0 aromatic rings. The van der Waals surface area contributed by atoms with E-state index < -0.39 is 16.9 Å². The second-order valence-corrected chi connectivity index (χ2v) is 5.43. The van der Waals surface area contributed by atoms with Gasteiger partial charge in [-0.2, -0.15) is 0 Å². The summed E-state index contributed by atoms with van der Waals surface area (Å²) in [7, 11) is 0. The van der Waals surface area contributed by atoms with Crippen molar-refractivity contribution in [3.63, 3.8) is 0 Å². The van der Waals surface area contributed by atoms with Crippen molar-refractivity contribution in [3.05, 3.63) is 0 Å². The highest BCUT2D eigenvalue weighted by Gasteiger charge is 2.41. The second-order valence-electron chi connectivity index (χ2n) is 5.43. The highest BCUT2D eigenvalue weighted by molar-refractivity contribution is 5.89. The van der Waals surface area contributed by atoms with Crippen molar-refractivity contribution in [3.8, 4) is 0 Å². The molecule has 0 aliphatic heterocycles. The zero-order chi connectivity index (χ0) is 13.1. The molecule has 0 heterocycles. The Balaban J connectivity index is 2.76. The maximum Gasteiger partial charge on any atom is 0.328 e. The van der Waals surface area contributed by atoms with E-state index in [1.54, 1.807) is 0 Å². The Morgan fingerprint density at radius 1 is 1.29 bits per heavy atom. The van der Waals surface area contributed by atoms with Gasteiger partial charge in [0.25, 0.3) is 0 Å². The standard InChI is InChI=1S/C12H22N2O3/c1-11(2,10(16)17)14-9(15)12(8-13)6-4-3-5-7-12/h3-8,13H2,1-2H3,(H,14,15)(H,16,17). The van der Waals surface area contributed by atoms with E-state index in [9.17, 15) is 9.59 Å². The zero-order valence-electron chi connectivity index (χ0n) is 10.6. The molecule has 0 saturated heterocycles. The lowest BCUT2D eigenvalue weighted by Crippen LogP contribution is -2.56. The van der Waals surface area contributed by atoms with E-state index in [4.69, 9.17) is 10.8 Å². The number of nitrogens with one attached hydrogen (secondary N) is 1. The summed E-state index contributed by atoms with van der Waals surface area (Å²) < 4.78 is 0. The first-order valence-corrected chi connectivity index (χ1v) is 6.10. The van der Waals surface area contributed by atoms with E-state index in [-0.39, 0.29) is 12.5 Å². The molecule has 1 aliphatic rings. The van der Waals surface area contributed by atoms with Crippen LogP contribution in [0.2, 0.25) is 0 Å². The lowest BCUT2D eigenvalue weighted by atomic mass is 9.73. The minimum atomic E-state index is -1.24. The normalized spacial score (nSPS) is 19.7. The summed E-state index contributed by atoms with van der Waals surface area (Å²) in [5, 5.41) is 11.6. The Labute approximate surface area is 102 Å². The summed E-state index contributed by atoms with van der Waals surface area (Å²) in [5.41, 5.74) is 3.92. The highest BCUT2D eigenvalue weighted by atomic mass is 16.4. The fourth-order valence-electron chi connectivity index (χ4n) is 2.22. The van der Waals surface area contributed by atoms with E-state index >= 15 is 0 Å². The SMILES string of the molecule is CC(C)(NC(=O)C1(CN)CCCCC1)C(=O)O. The molecule has 1 saturated carbocycles. The summed E-state index contributed by atoms with van der Waals surface area (Å²) in [4.78, 5) is 23.2. The second kappa shape index (κ2) is 5.04. The van der Waals surface area contributed by atoms with Gasteiger partial charge in [0.2, 0.25) is 5.91 Å². The number of carboxylic acids is 1. The molecule has 0 aromatic carbocycles. The third-order valence-electron chi connectivity index (χ3n) is 3.64. The van der Waals surface area contributed by atoms with Crippen LogP contribution in [0.4, 0.5) is 0 Å². The molecule has 0 bridgehead atoms. The number of carbonyl (C=O) groups is 2. The number of amides is 1. The van der Waals surface area contributed by atoms with Crippen LogP contribution in [0.3, 0.4) is 0 Å². The summed E-state index contributed by atoms with van der Waals surface area (Å²) >= 11 is 0. The summed E-state index contributed by atoms with van der Waals surface area (Å²) in [6, 6.07) is 0. The fraction of sp³-hybridized carbons (Fsp3) is 0.833. The highest BCUT2D eigenvalue weighted by Crippen LogP contribution is 2.35. The Kier molecular flexibility index (Phi) is 4.14. The average Bonchev–Trinajstić information content (AvgIpc) is 2.29. The van der Waals surface area contributed by atoms with Gasteiger partial charge in [-0.05, 0) is 26.7 Å². The summed E-state index contributed by atoms with van der Waals surface area (Å²) in [5.74, 6) is -1.25. The van der Waals surface area contributed by atoms with Crippen molar-refractivity contribution >= 4 is 11.9 Å². The average molecular weight is 242 g/mol. The molecular formula is C12H22N2O3. The quantitative estimate of drug-likeness (QED) is 0.682. The number of carboxylic acid groups (broad SMARTS) is 1. The maximum absolute atomic E-state index is 12.2. The first-order chi connectivity index (χ1) is 7.84. The van der Waals surface area contributed by atoms with Crippen LogP contribution in [-0.4, -0.2) is 29.1 Å². The van der Waals surface area contributed by atoms with Crippen LogP contribution >= 0.6 is 0 Å². The van der Waals surface area contributed by atoms with Gasteiger partial charge in [-0.3, -0.25) is 4.79 Å². The summed E-state index contributed by atoms with van der Waals surface area (Å²) in [6.07, 6.45) is 4.60. The van der Waals surface area contributed by atoms with Gasteiger partial charge in [-0.1, -0.05) is 19.3 Å². The summed E-state index contributed by atoms with van der Waals surface area (Å²) in [6.45, 7) is 3.26. The lowest BCUT2D eigenvalue weighted by Gasteiger charge is -2.37. The van der Waals surface area contributed by atoms with Crippen molar-refractivity contribution in [1.29, 1.82) is 0 Å². The van der Waals surface area contributed by atoms with Crippen LogP contribution in [0.25, 0.3) is 0 Å². The molecule has 98 valence electrons. The minimum Gasteiger partial charge on any atom is -0.480 e. The van der Waals surface area contributed by atoms with Crippen LogP contribution in [0.1, 0.15) is 46.0 Å². The molecule has 0 atom stereocenters. The Morgan fingerprint density at radius 3 is 2.24 bits per heavy atom. The molecular weight excluding hydrogens is 220 g/mol. The molecule has 5 heteroatoms. The van der Waals surface area contributed by atoms with Crippen LogP contribution < -0.4 is 11.1 Å². The number of aliphatic carboxylic acids is 1. The first kappa shape index (κ1) is 14.0. The smallest absolute Gasteiger partial charge is 0.328 e. The number of hydrogen-bond donors (Lipinski definition) is 3. The Morgan fingerprint density at radius 2 is 1.82 bits per heavy atom. The number of carbonyl (C=O) groups excluding carboxylic acids is 1. The molecule has 5 nitrogen and oxygen atoms in total. The van der Waals surface area contributed by atoms with E-state index in [2.05, 4.69) is 5.32 Å². The maximum atomic E-state index is 12.2. The lowest BCUT2D eigenvalue weighted by molar-refractivity contribution is -0.148. The number of nitrogens with two attached hydrogens (primary N) is 1. The third-order valence-corrected chi connectivity index (χ3v) is 3.64. The molecule has 0 spiro atoms. The Bertz CT molecular complexity index is 307. The van der Waals surface area contributed by atoms with Gasteiger partial charge in [0.05, 0.1) is 5.41 Å². The van der Waals surface area contributed by atoms with E-state index in [1.807, 2.05) is 0 Å². The minimum absolute atomic E-state index is 0.216. The van der Waals surface area contributed by atoms with Gasteiger partial charge in [0.1, 0.15) is 5.54 Å². The van der Waals surface area contributed by atoms with Gasteiger partial charge in [-0.25, -0.2) is 4.79 Å². The monoisotopic (exact) mass is 242 g/mol. The van der Waals surface area contributed by atoms with Crippen molar-refractivity contribution in [1.82, 2.24) is 5.32 Å². The molecule has 0 unspecified atom stereocenters. The van der Waals surface area contributed by atoms with Crippen molar-refractivity contribution < 1.29 is 14.7 Å². The molecule has 1 aliphatic carbocycles. The first-order valence-electron chi connectivity index (χ1n) is 6.10. The molecule has 4 N–H and O–H groups in total. The predicted molar refractivity (Wildman–Crippen MR) is 64.4 cm³/mol. The number of rotatable bonds is 4. The van der Waals surface area contributed by atoms with Crippen molar-refractivity contribution in [2.45, 2.75) is 51.5 Å². The fourth-order valence-corrected chi connectivity index (χ4v) is 2.22. The zero-order valence-corrected chi connectivity index (χ0v) is 10.6. The number of hydrogen-bond acceptors (Lipinski definition) is 3. The third kappa shape index (κ3) is 2.97. The predicted octanol–water partition coefficient (Wildman–Crippen LogP) is 0.875. The van der Waals surface area contributed by atoms with Gasteiger partial charge in [0, 0.05) is 6.54 Å². The van der Waals surface area contributed by atoms with Crippen LogP contribution in [0.15, 0.2) is 0 Å². The molecule has 17 heavy (non-hydrogen) atoms. The topological polar surface area (TPSA) is 92.4 Å². The van der Waals surface area contributed by atoms with Gasteiger partial charge >= 0.3 is 5.97 Å². The van der Waals surface area contributed by atoms with Crippen molar-refractivity contribution in [2.75, 3.05) is 6.54 Å². The molecule has 1 amide bonds. The van der Waals surface area contributed by atoms with E-state index in [0.29, 0.717) is 0 Å². The van der Waals surface area contributed by atoms with Crippen LogP contribution in [0.5, 0.6) is 0 Å². The molecule has 0 aromatic heterocycles. The van der Waals surface area contributed by atoms with Gasteiger partial charge in [0.15, 0.2) is 0 Å². The van der Waals surface area contributed by atoms with Gasteiger partial charge in [-0.15, -0.1) is 0 Å². The van der Waals surface area contributed by atoms with Gasteiger partial charge < -0.3 is 16.2 Å². The van der Waals surface area contributed by atoms with E-state index in [0.717, 1.165) is 32.1 Å². The molecule has 1 fully saturated rings. The molecule has 0 radical (unpaired) electrons. The van der Waals surface area contributed by atoms with Crippen LogP contribution in [-0.2, 0) is 9.59 Å².